The molecule has 0 fully saturated rings. The molecule has 144 valence electrons. The van der Waals surface area contributed by atoms with Crippen molar-refractivity contribution in [1.82, 2.24) is 0 Å². The van der Waals surface area contributed by atoms with E-state index in [1.165, 1.54) is 7.11 Å². The van der Waals surface area contributed by atoms with Gasteiger partial charge in [-0.05, 0) is 35.4 Å². The summed E-state index contributed by atoms with van der Waals surface area (Å²) in [6.45, 7) is -0.339. The van der Waals surface area contributed by atoms with E-state index in [1.54, 1.807) is 12.1 Å². The van der Waals surface area contributed by atoms with Gasteiger partial charge < -0.3 is 24.7 Å². The molecule has 0 radical (unpaired) electrons. The van der Waals surface area contributed by atoms with Gasteiger partial charge in [-0.3, -0.25) is 4.79 Å². The Morgan fingerprint density at radius 3 is 2.25 bits per heavy atom. The van der Waals surface area contributed by atoms with Crippen molar-refractivity contribution in [3.8, 4) is 16.9 Å². The second-order valence-electron chi connectivity index (χ2n) is 6.01. The fraction of sp³-hybridized carbons (Fsp3) is 0.143. The number of carbonyl (C=O) groups is 1. The zero-order valence-corrected chi connectivity index (χ0v) is 15.1. The van der Waals surface area contributed by atoms with Crippen LogP contribution >= 0.6 is 0 Å². The van der Waals surface area contributed by atoms with Crippen LogP contribution in [0.1, 0.15) is 21.9 Å². The number of aliphatic hydroxyl groups excluding tert-OH is 1. The molecule has 7 heteroatoms. The first-order chi connectivity index (χ1) is 13.5. The van der Waals surface area contributed by atoms with Crippen molar-refractivity contribution in [2.45, 2.75) is 13.2 Å². The van der Waals surface area contributed by atoms with E-state index < -0.39 is 17.8 Å². The molecule has 0 unspecified atom stereocenters. The normalized spacial score (nSPS) is 10.5. The van der Waals surface area contributed by atoms with Crippen molar-refractivity contribution in [3.05, 3.63) is 81.9 Å². The van der Waals surface area contributed by atoms with E-state index in [1.807, 2.05) is 36.4 Å². The van der Waals surface area contributed by atoms with Gasteiger partial charge >= 0.3 is 5.97 Å². The van der Waals surface area contributed by atoms with Crippen LogP contribution < -0.4 is 10.7 Å². The van der Waals surface area contributed by atoms with Gasteiger partial charge in [0.25, 0.3) is 0 Å². The topological polar surface area (TPSA) is 109 Å². The molecule has 0 atom stereocenters. The standard InChI is InChI=1S/C21H19NO6/c1-27-21(26)15-4-2-13(3-5-15)14-6-8-16(9-7-14)22-11-19-20(25)18(24)10-17(12-23)28-19/h2-10,22-23,25H,11-12H2,1H3. The number of rotatable bonds is 6. The average molecular weight is 381 g/mol. The minimum Gasteiger partial charge on any atom is -0.502 e. The fourth-order valence-electron chi connectivity index (χ4n) is 2.67. The lowest BCUT2D eigenvalue weighted by atomic mass is 10.0. The number of aromatic hydroxyl groups is 1. The Morgan fingerprint density at radius 2 is 1.68 bits per heavy atom. The number of ether oxygens (including phenoxy) is 1. The first-order valence-corrected chi connectivity index (χ1v) is 8.50. The van der Waals surface area contributed by atoms with Crippen molar-refractivity contribution in [2.75, 3.05) is 12.4 Å². The second kappa shape index (κ2) is 8.41. The van der Waals surface area contributed by atoms with Crippen molar-refractivity contribution >= 4 is 11.7 Å². The van der Waals surface area contributed by atoms with Crippen LogP contribution in [-0.2, 0) is 17.9 Å². The van der Waals surface area contributed by atoms with Crippen LogP contribution in [0.25, 0.3) is 11.1 Å². The lowest BCUT2D eigenvalue weighted by molar-refractivity contribution is 0.0600. The first kappa shape index (κ1) is 19.2. The van der Waals surface area contributed by atoms with Crippen molar-refractivity contribution in [3.63, 3.8) is 0 Å². The van der Waals surface area contributed by atoms with E-state index in [9.17, 15) is 14.7 Å². The lowest BCUT2D eigenvalue weighted by Gasteiger charge is -2.09. The van der Waals surface area contributed by atoms with E-state index in [-0.39, 0.29) is 24.0 Å². The number of hydrogen-bond donors (Lipinski definition) is 3. The molecule has 2 aromatic carbocycles. The van der Waals surface area contributed by atoms with Gasteiger partial charge in [0.05, 0.1) is 19.2 Å². The zero-order chi connectivity index (χ0) is 20.1. The van der Waals surface area contributed by atoms with Gasteiger partial charge in [-0.2, -0.15) is 0 Å². The largest absolute Gasteiger partial charge is 0.502 e. The van der Waals surface area contributed by atoms with E-state index in [0.29, 0.717) is 5.56 Å². The molecule has 0 spiro atoms. The monoisotopic (exact) mass is 381 g/mol. The van der Waals surface area contributed by atoms with Gasteiger partial charge in [0.15, 0.2) is 5.76 Å². The minimum absolute atomic E-state index is 0.0547. The third kappa shape index (κ3) is 4.21. The Hall–Kier alpha value is -3.58. The molecule has 7 nitrogen and oxygen atoms in total. The second-order valence-corrected chi connectivity index (χ2v) is 6.01. The van der Waals surface area contributed by atoms with Crippen LogP contribution in [0.2, 0.25) is 0 Å². The van der Waals surface area contributed by atoms with E-state index in [0.717, 1.165) is 22.9 Å². The molecule has 0 saturated heterocycles. The fourth-order valence-corrected chi connectivity index (χ4v) is 2.67. The molecule has 0 aliphatic carbocycles. The highest BCUT2D eigenvalue weighted by Crippen LogP contribution is 2.23. The quantitative estimate of drug-likeness (QED) is 0.563. The molecule has 28 heavy (non-hydrogen) atoms. The summed E-state index contributed by atoms with van der Waals surface area (Å²) < 4.78 is 9.98. The molecule has 0 bridgehead atoms. The Balaban J connectivity index is 1.71. The number of benzene rings is 2. The molecule has 1 aromatic heterocycles. The SMILES string of the molecule is COC(=O)c1ccc(-c2ccc(NCc3oc(CO)cc(=O)c3O)cc2)cc1. The Labute approximate surface area is 160 Å². The van der Waals surface area contributed by atoms with Gasteiger partial charge in [0.1, 0.15) is 12.4 Å². The first-order valence-electron chi connectivity index (χ1n) is 8.50. The summed E-state index contributed by atoms with van der Waals surface area (Å²) in [5.41, 5.74) is 2.54. The zero-order valence-electron chi connectivity index (χ0n) is 15.1. The van der Waals surface area contributed by atoms with Crippen LogP contribution in [-0.4, -0.2) is 23.3 Å². The number of anilines is 1. The minimum atomic E-state index is -0.599. The number of methoxy groups -OCH3 is 1. The van der Waals surface area contributed by atoms with Crippen molar-refractivity contribution in [1.29, 1.82) is 0 Å². The lowest BCUT2D eigenvalue weighted by Crippen LogP contribution is -2.08. The molecule has 0 saturated carbocycles. The highest BCUT2D eigenvalue weighted by Gasteiger charge is 2.11. The van der Waals surface area contributed by atoms with E-state index >= 15 is 0 Å². The van der Waals surface area contributed by atoms with Crippen LogP contribution in [0.5, 0.6) is 5.75 Å². The number of hydrogen-bond acceptors (Lipinski definition) is 7. The highest BCUT2D eigenvalue weighted by molar-refractivity contribution is 5.90. The van der Waals surface area contributed by atoms with Gasteiger partial charge in [-0.1, -0.05) is 24.3 Å². The average Bonchev–Trinajstić information content (AvgIpc) is 2.74. The third-order valence-electron chi connectivity index (χ3n) is 4.18. The van der Waals surface area contributed by atoms with Gasteiger partial charge in [0.2, 0.25) is 11.2 Å². The predicted octanol–water partition coefficient (Wildman–Crippen LogP) is 2.90. The molecular formula is C21H19NO6. The van der Waals surface area contributed by atoms with Crippen LogP contribution in [0.15, 0.2) is 63.8 Å². The number of nitrogens with one attached hydrogen (secondary N) is 1. The summed E-state index contributed by atoms with van der Waals surface area (Å²) in [5, 5.41) is 22.0. The summed E-state index contributed by atoms with van der Waals surface area (Å²) in [6.07, 6.45) is 0. The number of carbonyl (C=O) groups excluding carboxylic acids is 1. The molecular weight excluding hydrogens is 362 g/mol. The number of aliphatic hydroxyl groups is 1. The van der Waals surface area contributed by atoms with E-state index in [2.05, 4.69) is 10.1 Å². The van der Waals surface area contributed by atoms with Crippen LogP contribution in [0.4, 0.5) is 5.69 Å². The Bertz CT molecular complexity index is 1020. The number of esters is 1. The Morgan fingerprint density at radius 1 is 1.07 bits per heavy atom. The molecule has 1 heterocycles. The van der Waals surface area contributed by atoms with Crippen molar-refractivity contribution in [2.24, 2.45) is 0 Å². The summed E-state index contributed by atoms with van der Waals surface area (Å²) in [4.78, 5) is 23.1. The smallest absolute Gasteiger partial charge is 0.337 e. The van der Waals surface area contributed by atoms with Crippen molar-refractivity contribution < 1.29 is 24.2 Å². The van der Waals surface area contributed by atoms with E-state index in [4.69, 9.17) is 9.52 Å². The summed E-state index contributed by atoms with van der Waals surface area (Å²) in [6, 6.07) is 15.6. The predicted molar refractivity (Wildman–Crippen MR) is 103 cm³/mol. The van der Waals surface area contributed by atoms with Crippen LogP contribution in [0.3, 0.4) is 0 Å². The maximum Gasteiger partial charge on any atom is 0.337 e. The maximum absolute atomic E-state index is 11.6. The summed E-state index contributed by atoms with van der Waals surface area (Å²) in [7, 11) is 1.34. The Kier molecular flexibility index (Phi) is 5.76. The molecule has 3 aromatic rings. The van der Waals surface area contributed by atoms with Crippen LogP contribution in [0, 0.1) is 0 Å². The van der Waals surface area contributed by atoms with Gasteiger partial charge in [-0.25, -0.2) is 4.79 Å². The molecule has 3 N–H and O–H groups in total. The van der Waals surface area contributed by atoms with Gasteiger partial charge in [0, 0.05) is 11.8 Å². The van der Waals surface area contributed by atoms with Gasteiger partial charge in [-0.15, -0.1) is 0 Å². The maximum atomic E-state index is 11.6. The molecule has 0 aliphatic rings. The molecule has 0 amide bonds. The third-order valence-corrected chi connectivity index (χ3v) is 4.18. The summed E-state index contributed by atoms with van der Waals surface area (Å²) in [5.74, 6) is -0.720. The molecule has 3 rings (SSSR count). The highest BCUT2D eigenvalue weighted by atomic mass is 16.5. The molecule has 0 aliphatic heterocycles. The summed E-state index contributed by atoms with van der Waals surface area (Å²) >= 11 is 0.